The van der Waals surface area contributed by atoms with Crippen molar-refractivity contribution in [3.63, 3.8) is 0 Å². The van der Waals surface area contributed by atoms with E-state index in [0.717, 1.165) is 5.69 Å². The fraction of sp³-hybridized carbons (Fsp3) is 0.500. The van der Waals surface area contributed by atoms with Gasteiger partial charge in [-0.3, -0.25) is 4.79 Å². The van der Waals surface area contributed by atoms with Gasteiger partial charge in [0, 0.05) is 24.1 Å². The molecule has 0 radical (unpaired) electrons. The molecule has 1 aromatic carbocycles. The maximum Gasteiger partial charge on any atom is 0.247 e. The topological polar surface area (TPSA) is 103 Å². The van der Waals surface area contributed by atoms with Gasteiger partial charge < -0.3 is 20.3 Å². The highest BCUT2D eigenvalue weighted by Crippen LogP contribution is 2.55. The van der Waals surface area contributed by atoms with Crippen LogP contribution in [-0.4, -0.2) is 28.8 Å². The molecular weight excluding hydrogens is 320 g/mol. The average Bonchev–Trinajstić information content (AvgIpc) is 3.04. The Balaban J connectivity index is 1.66. The molecule has 3 rings (SSSR count). The standard InChI is InChI=1S/C18H24N4O3/c1-4-24-13-11-18(19,17(13,2)3)16-21-14(22-25-16)10-15(23)20-12-8-6-5-7-9-12/h5-9,13H,4,10-11,19H2,1-3H3,(H,20,23). The number of hydrogen-bond acceptors (Lipinski definition) is 6. The molecule has 2 aromatic rings. The number of ether oxygens (including phenoxy) is 1. The number of rotatable bonds is 6. The highest BCUT2D eigenvalue weighted by Gasteiger charge is 2.62. The van der Waals surface area contributed by atoms with E-state index in [-0.39, 0.29) is 23.8 Å². The van der Waals surface area contributed by atoms with E-state index in [2.05, 4.69) is 15.5 Å². The zero-order valence-electron chi connectivity index (χ0n) is 14.8. The van der Waals surface area contributed by atoms with Gasteiger partial charge in [0.15, 0.2) is 5.82 Å². The van der Waals surface area contributed by atoms with Crippen LogP contribution < -0.4 is 11.1 Å². The van der Waals surface area contributed by atoms with Crippen LogP contribution in [0.2, 0.25) is 0 Å². The highest BCUT2D eigenvalue weighted by molar-refractivity contribution is 5.91. The number of aromatic nitrogens is 2. The van der Waals surface area contributed by atoms with Crippen molar-refractivity contribution in [1.82, 2.24) is 10.1 Å². The number of hydrogen-bond donors (Lipinski definition) is 2. The first kappa shape index (κ1) is 17.6. The van der Waals surface area contributed by atoms with E-state index >= 15 is 0 Å². The van der Waals surface area contributed by atoms with Crippen LogP contribution in [0.3, 0.4) is 0 Å². The van der Waals surface area contributed by atoms with Crippen LogP contribution in [-0.2, 0) is 21.5 Å². The lowest BCUT2D eigenvalue weighted by atomic mass is 9.54. The summed E-state index contributed by atoms with van der Waals surface area (Å²) in [5, 5.41) is 6.71. The lowest BCUT2D eigenvalue weighted by Gasteiger charge is -2.56. The molecule has 134 valence electrons. The van der Waals surface area contributed by atoms with Gasteiger partial charge in [0.1, 0.15) is 5.54 Å². The number of anilines is 1. The maximum absolute atomic E-state index is 12.1. The van der Waals surface area contributed by atoms with E-state index in [4.69, 9.17) is 15.0 Å². The number of nitrogens with zero attached hydrogens (tertiary/aromatic N) is 2. The van der Waals surface area contributed by atoms with Crippen LogP contribution >= 0.6 is 0 Å². The van der Waals surface area contributed by atoms with Gasteiger partial charge in [-0.2, -0.15) is 4.98 Å². The largest absolute Gasteiger partial charge is 0.378 e. The van der Waals surface area contributed by atoms with Gasteiger partial charge in [-0.05, 0) is 19.1 Å². The summed E-state index contributed by atoms with van der Waals surface area (Å²) in [4.78, 5) is 16.5. The Morgan fingerprint density at radius 2 is 2.12 bits per heavy atom. The first-order chi connectivity index (χ1) is 11.9. The number of nitrogens with one attached hydrogen (secondary N) is 1. The summed E-state index contributed by atoms with van der Waals surface area (Å²) in [5.41, 5.74) is 6.18. The predicted octanol–water partition coefficient (Wildman–Crippen LogP) is 2.24. The van der Waals surface area contributed by atoms with Gasteiger partial charge in [-0.25, -0.2) is 0 Å². The van der Waals surface area contributed by atoms with Crippen LogP contribution in [0, 0.1) is 5.41 Å². The van der Waals surface area contributed by atoms with Crippen molar-refractivity contribution < 1.29 is 14.1 Å². The van der Waals surface area contributed by atoms with Crippen molar-refractivity contribution in [2.75, 3.05) is 11.9 Å². The summed E-state index contributed by atoms with van der Waals surface area (Å²) in [6.07, 6.45) is 0.703. The van der Waals surface area contributed by atoms with Crippen LogP contribution in [0.25, 0.3) is 0 Å². The molecule has 3 N–H and O–H groups in total. The van der Waals surface area contributed by atoms with Crippen LogP contribution in [0.4, 0.5) is 5.69 Å². The monoisotopic (exact) mass is 344 g/mol. The van der Waals surface area contributed by atoms with Gasteiger partial charge in [0.25, 0.3) is 0 Å². The molecule has 1 aliphatic rings. The fourth-order valence-electron chi connectivity index (χ4n) is 3.18. The number of nitrogens with two attached hydrogens (primary N) is 1. The minimum Gasteiger partial charge on any atom is -0.378 e. The lowest BCUT2D eigenvalue weighted by molar-refractivity contribution is -0.162. The molecule has 7 heteroatoms. The molecule has 1 amide bonds. The van der Waals surface area contributed by atoms with Gasteiger partial charge >= 0.3 is 0 Å². The van der Waals surface area contributed by atoms with E-state index in [1.54, 1.807) is 0 Å². The number of benzene rings is 1. The number of para-hydroxylation sites is 1. The number of amides is 1. The Morgan fingerprint density at radius 3 is 2.76 bits per heavy atom. The summed E-state index contributed by atoms with van der Waals surface area (Å²) < 4.78 is 11.1. The third-order valence-electron chi connectivity index (χ3n) is 5.06. The van der Waals surface area contributed by atoms with E-state index < -0.39 is 5.54 Å². The Hall–Kier alpha value is -2.25. The van der Waals surface area contributed by atoms with Crippen molar-refractivity contribution in [3.05, 3.63) is 42.0 Å². The summed E-state index contributed by atoms with van der Waals surface area (Å²) in [6.45, 7) is 6.66. The van der Waals surface area contributed by atoms with Crippen molar-refractivity contribution >= 4 is 11.6 Å². The van der Waals surface area contributed by atoms with E-state index in [9.17, 15) is 4.79 Å². The molecule has 0 spiro atoms. The Bertz CT molecular complexity index is 744. The quantitative estimate of drug-likeness (QED) is 0.833. The Morgan fingerprint density at radius 1 is 1.40 bits per heavy atom. The molecule has 1 fully saturated rings. The van der Waals surface area contributed by atoms with E-state index in [1.807, 2.05) is 51.1 Å². The number of carbonyl (C=O) groups is 1. The zero-order valence-corrected chi connectivity index (χ0v) is 14.8. The summed E-state index contributed by atoms with van der Waals surface area (Å²) >= 11 is 0. The van der Waals surface area contributed by atoms with Gasteiger partial charge in [-0.1, -0.05) is 37.2 Å². The minimum atomic E-state index is -0.742. The SMILES string of the molecule is CCOC1CC(N)(c2nc(CC(=O)Nc3ccccc3)no2)C1(C)C. The first-order valence-electron chi connectivity index (χ1n) is 8.45. The van der Waals surface area contributed by atoms with E-state index in [1.165, 1.54) is 0 Å². The summed E-state index contributed by atoms with van der Waals surface area (Å²) in [6, 6.07) is 9.23. The second-order valence-electron chi connectivity index (χ2n) is 6.95. The molecule has 0 saturated heterocycles. The molecule has 0 bridgehead atoms. The van der Waals surface area contributed by atoms with Crippen molar-refractivity contribution in [3.8, 4) is 0 Å². The van der Waals surface area contributed by atoms with E-state index in [0.29, 0.717) is 24.7 Å². The minimum absolute atomic E-state index is 0.0315. The zero-order chi connectivity index (χ0) is 18.1. The normalized spacial score (nSPS) is 24.6. The summed E-state index contributed by atoms with van der Waals surface area (Å²) in [7, 11) is 0. The molecule has 2 unspecified atom stereocenters. The van der Waals surface area contributed by atoms with Crippen LogP contribution in [0.1, 0.15) is 38.9 Å². The van der Waals surface area contributed by atoms with Crippen molar-refractivity contribution in [2.45, 2.75) is 45.3 Å². The molecule has 2 atom stereocenters. The van der Waals surface area contributed by atoms with Gasteiger partial charge in [-0.15, -0.1) is 0 Å². The lowest BCUT2D eigenvalue weighted by Crippen LogP contribution is -2.67. The molecular formula is C18H24N4O3. The first-order valence-corrected chi connectivity index (χ1v) is 8.45. The maximum atomic E-state index is 12.1. The molecule has 1 heterocycles. The molecule has 1 saturated carbocycles. The second-order valence-corrected chi connectivity index (χ2v) is 6.95. The van der Waals surface area contributed by atoms with Gasteiger partial charge in [0.05, 0.1) is 12.5 Å². The molecule has 0 aliphatic heterocycles. The predicted molar refractivity (Wildman–Crippen MR) is 92.8 cm³/mol. The molecule has 7 nitrogen and oxygen atoms in total. The second kappa shape index (κ2) is 6.57. The molecule has 1 aromatic heterocycles. The van der Waals surface area contributed by atoms with Crippen molar-refractivity contribution in [1.29, 1.82) is 0 Å². The Labute approximate surface area is 146 Å². The molecule has 25 heavy (non-hydrogen) atoms. The third kappa shape index (κ3) is 3.17. The van der Waals surface area contributed by atoms with Crippen LogP contribution in [0.5, 0.6) is 0 Å². The molecule has 1 aliphatic carbocycles. The highest BCUT2D eigenvalue weighted by atomic mass is 16.5. The average molecular weight is 344 g/mol. The third-order valence-corrected chi connectivity index (χ3v) is 5.06. The fourth-order valence-corrected chi connectivity index (χ4v) is 3.18. The Kier molecular flexibility index (Phi) is 4.62. The van der Waals surface area contributed by atoms with Gasteiger partial charge in [0.2, 0.25) is 11.8 Å². The smallest absolute Gasteiger partial charge is 0.247 e. The summed E-state index contributed by atoms with van der Waals surface area (Å²) in [5.74, 6) is 0.476. The number of carbonyl (C=O) groups excluding carboxylic acids is 1. The van der Waals surface area contributed by atoms with Crippen molar-refractivity contribution in [2.24, 2.45) is 11.1 Å². The van der Waals surface area contributed by atoms with Crippen LogP contribution in [0.15, 0.2) is 34.9 Å².